The average Bonchev–Trinajstić information content (AvgIpc) is 2.78. The van der Waals surface area contributed by atoms with Crippen LogP contribution < -0.4 is 14.8 Å². The second kappa shape index (κ2) is 10.7. The van der Waals surface area contributed by atoms with E-state index >= 15 is 0 Å². The third-order valence-corrected chi connectivity index (χ3v) is 5.05. The maximum atomic E-state index is 12.5. The fraction of sp³-hybridized carbons (Fsp3) is 0.0833. The van der Waals surface area contributed by atoms with E-state index in [0.717, 1.165) is 10.0 Å². The fourth-order valence-corrected chi connectivity index (χ4v) is 3.07. The van der Waals surface area contributed by atoms with Crippen molar-refractivity contribution in [3.8, 4) is 17.6 Å². The maximum absolute atomic E-state index is 12.5. The number of rotatable bonds is 7. The molecule has 0 aliphatic heterocycles. The Hall–Kier alpha value is -3.27. The summed E-state index contributed by atoms with van der Waals surface area (Å²) in [7, 11) is 1.55. The zero-order valence-corrected chi connectivity index (χ0v) is 18.9. The summed E-state index contributed by atoms with van der Waals surface area (Å²) < 4.78 is 12.1. The molecule has 0 bridgehead atoms. The van der Waals surface area contributed by atoms with Gasteiger partial charge in [0.1, 0.15) is 18.2 Å². The number of carbonyl (C=O) groups excluding carboxylic acids is 1. The molecule has 0 radical (unpaired) electrons. The summed E-state index contributed by atoms with van der Waals surface area (Å²) in [5, 5.41) is 12.8. The Balaban J connectivity index is 1.78. The van der Waals surface area contributed by atoms with E-state index in [4.69, 9.17) is 21.1 Å². The first kappa shape index (κ1) is 22.4. The number of carbonyl (C=O) groups is 1. The third-order valence-electron chi connectivity index (χ3n) is 4.27. The second-order valence-electron chi connectivity index (χ2n) is 6.46. The molecule has 0 saturated carbocycles. The van der Waals surface area contributed by atoms with Crippen molar-refractivity contribution in [2.24, 2.45) is 0 Å². The molecule has 156 valence electrons. The Kier molecular flexibility index (Phi) is 7.71. The number of amides is 1. The van der Waals surface area contributed by atoms with Crippen LogP contribution in [0.1, 0.15) is 11.1 Å². The van der Waals surface area contributed by atoms with E-state index < -0.39 is 5.91 Å². The number of nitrogens with one attached hydrogen (secondary N) is 1. The first-order valence-electron chi connectivity index (χ1n) is 9.22. The zero-order valence-electron chi connectivity index (χ0n) is 16.6. The highest BCUT2D eigenvalue weighted by atomic mass is 79.9. The van der Waals surface area contributed by atoms with Gasteiger partial charge in [-0.05, 0) is 65.7 Å². The van der Waals surface area contributed by atoms with E-state index in [9.17, 15) is 10.1 Å². The third kappa shape index (κ3) is 6.35. The summed E-state index contributed by atoms with van der Waals surface area (Å²) in [6.07, 6.45) is 1.50. The fourth-order valence-electron chi connectivity index (χ4n) is 2.68. The van der Waals surface area contributed by atoms with E-state index in [-0.39, 0.29) is 5.57 Å². The van der Waals surface area contributed by atoms with Crippen molar-refractivity contribution < 1.29 is 14.3 Å². The van der Waals surface area contributed by atoms with Crippen LogP contribution in [0, 0.1) is 11.3 Å². The maximum Gasteiger partial charge on any atom is 0.266 e. The van der Waals surface area contributed by atoms with Gasteiger partial charge in [-0.2, -0.15) is 5.26 Å². The molecule has 0 aliphatic rings. The monoisotopic (exact) mass is 496 g/mol. The Labute approximate surface area is 194 Å². The van der Waals surface area contributed by atoms with Gasteiger partial charge in [-0.15, -0.1) is 0 Å². The highest BCUT2D eigenvalue weighted by molar-refractivity contribution is 9.10. The van der Waals surface area contributed by atoms with Gasteiger partial charge in [0.05, 0.1) is 7.11 Å². The summed E-state index contributed by atoms with van der Waals surface area (Å²) in [6.45, 7) is 0.315. The summed E-state index contributed by atoms with van der Waals surface area (Å²) >= 11 is 9.26. The number of nitrogens with zero attached hydrogens (tertiary/aromatic N) is 1. The van der Waals surface area contributed by atoms with Gasteiger partial charge in [-0.3, -0.25) is 4.79 Å². The molecule has 0 aliphatic carbocycles. The van der Waals surface area contributed by atoms with Crippen molar-refractivity contribution in [3.63, 3.8) is 0 Å². The van der Waals surface area contributed by atoms with Gasteiger partial charge < -0.3 is 14.8 Å². The average molecular weight is 498 g/mol. The van der Waals surface area contributed by atoms with Gasteiger partial charge >= 0.3 is 0 Å². The second-order valence-corrected chi connectivity index (χ2v) is 7.81. The molecule has 0 aromatic heterocycles. The predicted octanol–water partition coefficient (Wildman–Crippen LogP) is 6.24. The SMILES string of the molecule is COc1ccc(/C=C(\C#N)C(=O)Nc2ccc(Br)cc2)cc1OCc1ccc(Cl)cc1. The number of hydrogen-bond acceptors (Lipinski definition) is 4. The minimum atomic E-state index is -0.496. The summed E-state index contributed by atoms with van der Waals surface area (Å²) in [5.74, 6) is 0.546. The number of benzene rings is 3. The van der Waals surface area contributed by atoms with E-state index in [1.807, 2.05) is 18.2 Å². The van der Waals surface area contributed by atoms with Gasteiger partial charge in [0.15, 0.2) is 11.5 Å². The number of halogens is 2. The van der Waals surface area contributed by atoms with Gasteiger partial charge in [-0.1, -0.05) is 45.7 Å². The van der Waals surface area contributed by atoms with Crippen LogP contribution in [0.3, 0.4) is 0 Å². The minimum Gasteiger partial charge on any atom is -0.493 e. The first-order chi connectivity index (χ1) is 15.0. The van der Waals surface area contributed by atoms with E-state index in [2.05, 4.69) is 21.2 Å². The van der Waals surface area contributed by atoms with Crippen molar-refractivity contribution >= 4 is 45.2 Å². The van der Waals surface area contributed by atoms with E-state index in [1.54, 1.807) is 61.7 Å². The smallest absolute Gasteiger partial charge is 0.266 e. The quantitative estimate of drug-likeness (QED) is 0.310. The molecule has 0 heterocycles. The molecular weight excluding hydrogens is 480 g/mol. The number of anilines is 1. The van der Waals surface area contributed by atoms with Crippen molar-refractivity contribution in [1.29, 1.82) is 5.26 Å². The number of hydrogen-bond donors (Lipinski definition) is 1. The molecule has 0 saturated heterocycles. The lowest BCUT2D eigenvalue weighted by atomic mass is 10.1. The van der Waals surface area contributed by atoms with Crippen LogP contribution in [0.5, 0.6) is 11.5 Å². The van der Waals surface area contributed by atoms with E-state index in [1.165, 1.54) is 6.08 Å². The van der Waals surface area contributed by atoms with Crippen molar-refractivity contribution in [2.75, 3.05) is 12.4 Å². The van der Waals surface area contributed by atoms with Crippen LogP contribution in [0.15, 0.2) is 76.8 Å². The normalized spacial score (nSPS) is 10.8. The lowest BCUT2D eigenvalue weighted by Gasteiger charge is -2.12. The molecule has 1 N–H and O–H groups in total. The highest BCUT2D eigenvalue weighted by Gasteiger charge is 2.11. The van der Waals surface area contributed by atoms with Crippen LogP contribution in [-0.2, 0) is 11.4 Å². The molecule has 1 amide bonds. The van der Waals surface area contributed by atoms with Gasteiger partial charge in [0.2, 0.25) is 0 Å². The van der Waals surface area contributed by atoms with Crippen LogP contribution in [0.25, 0.3) is 6.08 Å². The number of methoxy groups -OCH3 is 1. The van der Waals surface area contributed by atoms with Crippen molar-refractivity contribution in [3.05, 3.63) is 92.9 Å². The van der Waals surface area contributed by atoms with Gasteiger partial charge in [0.25, 0.3) is 5.91 Å². The Morgan fingerprint density at radius 2 is 1.81 bits per heavy atom. The molecule has 0 fully saturated rings. The molecule has 31 heavy (non-hydrogen) atoms. The largest absolute Gasteiger partial charge is 0.493 e. The predicted molar refractivity (Wildman–Crippen MR) is 125 cm³/mol. The van der Waals surface area contributed by atoms with Gasteiger partial charge in [0, 0.05) is 15.2 Å². The molecule has 3 rings (SSSR count). The van der Waals surface area contributed by atoms with Crippen molar-refractivity contribution in [1.82, 2.24) is 0 Å². The van der Waals surface area contributed by atoms with Crippen LogP contribution in [0.2, 0.25) is 5.02 Å². The summed E-state index contributed by atoms with van der Waals surface area (Å²) in [5.41, 5.74) is 2.14. The lowest BCUT2D eigenvalue weighted by molar-refractivity contribution is -0.112. The summed E-state index contributed by atoms with van der Waals surface area (Å²) in [4.78, 5) is 12.5. The van der Waals surface area contributed by atoms with E-state index in [0.29, 0.717) is 34.4 Å². The molecule has 0 unspecified atom stereocenters. The Morgan fingerprint density at radius 1 is 1.10 bits per heavy atom. The summed E-state index contributed by atoms with van der Waals surface area (Å²) in [6, 6.07) is 21.6. The first-order valence-corrected chi connectivity index (χ1v) is 10.4. The van der Waals surface area contributed by atoms with Crippen LogP contribution in [-0.4, -0.2) is 13.0 Å². The Bertz CT molecular complexity index is 1140. The molecule has 0 spiro atoms. The molecule has 3 aromatic carbocycles. The molecule has 0 atom stereocenters. The topological polar surface area (TPSA) is 71.3 Å². The minimum absolute atomic E-state index is 0.0308. The molecule has 5 nitrogen and oxygen atoms in total. The van der Waals surface area contributed by atoms with Gasteiger partial charge in [-0.25, -0.2) is 0 Å². The number of ether oxygens (including phenoxy) is 2. The molecule has 7 heteroatoms. The standard InChI is InChI=1S/C24H18BrClN2O3/c1-30-22-11-4-17(13-23(22)31-15-16-2-7-20(26)8-3-16)12-18(14-27)24(29)28-21-9-5-19(25)6-10-21/h2-13H,15H2,1H3,(H,28,29)/b18-12+. The molecule has 3 aromatic rings. The van der Waals surface area contributed by atoms with Crippen LogP contribution in [0.4, 0.5) is 5.69 Å². The van der Waals surface area contributed by atoms with Crippen LogP contribution >= 0.6 is 27.5 Å². The van der Waals surface area contributed by atoms with Crippen molar-refractivity contribution in [2.45, 2.75) is 6.61 Å². The zero-order chi connectivity index (χ0) is 22.2. The lowest BCUT2D eigenvalue weighted by Crippen LogP contribution is -2.13. The molecular formula is C24H18BrClN2O3. The number of nitriles is 1. The highest BCUT2D eigenvalue weighted by Crippen LogP contribution is 2.30. The Morgan fingerprint density at radius 3 is 2.45 bits per heavy atom.